The molecule has 2 heterocycles. The molecule has 0 radical (unpaired) electrons. The Bertz CT molecular complexity index is 1120. The number of nitrogens with one attached hydrogen (secondary N) is 1. The monoisotopic (exact) mass is 377 g/mol. The lowest BCUT2D eigenvalue weighted by molar-refractivity contribution is 0.102. The van der Waals surface area contributed by atoms with Crippen molar-refractivity contribution in [2.24, 2.45) is 0 Å². The third-order valence-electron chi connectivity index (χ3n) is 4.20. The Morgan fingerprint density at radius 3 is 2.67 bits per heavy atom. The molecule has 4 rings (SSSR count). The van der Waals surface area contributed by atoms with Gasteiger partial charge in [-0.3, -0.25) is 4.79 Å². The third kappa shape index (κ3) is 3.50. The highest BCUT2D eigenvalue weighted by molar-refractivity contribution is 6.32. The van der Waals surface area contributed by atoms with E-state index in [0.717, 1.165) is 11.3 Å². The van der Waals surface area contributed by atoms with Crippen molar-refractivity contribution in [2.45, 2.75) is 0 Å². The number of amides is 1. The molecule has 2 aromatic heterocycles. The summed E-state index contributed by atoms with van der Waals surface area (Å²) in [4.78, 5) is 17.2. The molecular weight excluding hydrogens is 362 g/mol. The van der Waals surface area contributed by atoms with E-state index in [4.69, 9.17) is 16.3 Å². The van der Waals surface area contributed by atoms with Gasteiger partial charge in [-0.1, -0.05) is 41.9 Å². The first-order valence-corrected chi connectivity index (χ1v) is 8.71. The van der Waals surface area contributed by atoms with E-state index in [0.29, 0.717) is 27.7 Å². The largest absolute Gasteiger partial charge is 0.495 e. The second kappa shape index (κ2) is 7.13. The summed E-state index contributed by atoms with van der Waals surface area (Å²) in [5.41, 5.74) is 3.70. The molecule has 0 bridgehead atoms. The fourth-order valence-electron chi connectivity index (χ4n) is 2.82. The summed E-state index contributed by atoms with van der Waals surface area (Å²) in [7, 11) is 1.54. The first kappa shape index (κ1) is 17.1. The van der Waals surface area contributed by atoms with Crippen LogP contribution in [-0.2, 0) is 0 Å². The van der Waals surface area contributed by atoms with Gasteiger partial charge in [0.1, 0.15) is 11.4 Å². The van der Waals surface area contributed by atoms with Crippen LogP contribution in [0.15, 0.2) is 73.1 Å². The van der Waals surface area contributed by atoms with Crippen molar-refractivity contribution in [3.8, 4) is 17.0 Å². The molecule has 0 saturated heterocycles. The van der Waals surface area contributed by atoms with Gasteiger partial charge in [0.25, 0.3) is 5.91 Å². The highest BCUT2D eigenvalue weighted by atomic mass is 35.5. The van der Waals surface area contributed by atoms with Crippen LogP contribution in [0, 0.1) is 0 Å². The van der Waals surface area contributed by atoms with Crippen molar-refractivity contribution in [2.75, 3.05) is 12.4 Å². The van der Waals surface area contributed by atoms with Crippen LogP contribution in [0.4, 0.5) is 5.69 Å². The van der Waals surface area contributed by atoms with Crippen LogP contribution in [0.3, 0.4) is 0 Å². The Kier molecular flexibility index (Phi) is 4.52. The Hall–Kier alpha value is -3.31. The normalized spacial score (nSPS) is 10.7. The number of pyridine rings is 1. The predicted octanol–water partition coefficient (Wildman–Crippen LogP) is 4.92. The van der Waals surface area contributed by atoms with Crippen molar-refractivity contribution < 1.29 is 9.53 Å². The lowest BCUT2D eigenvalue weighted by atomic mass is 10.2. The summed E-state index contributed by atoms with van der Waals surface area (Å²) < 4.78 is 7.01. The molecule has 1 amide bonds. The molecule has 2 aromatic carbocycles. The average molecular weight is 378 g/mol. The lowest BCUT2D eigenvalue weighted by Crippen LogP contribution is -2.12. The third-order valence-corrected chi connectivity index (χ3v) is 4.50. The Labute approximate surface area is 161 Å². The zero-order valence-electron chi connectivity index (χ0n) is 14.5. The number of hydrogen-bond acceptors (Lipinski definition) is 3. The van der Waals surface area contributed by atoms with E-state index < -0.39 is 0 Å². The van der Waals surface area contributed by atoms with Crippen LogP contribution >= 0.6 is 11.6 Å². The molecule has 5 nitrogen and oxygen atoms in total. The highest BCUT2D eigenvalue weighted by Crippen LogP contribution is 2.27. The van der Waals surface area contributed by atoms with Gasteiger partial charge in [-0.25, -0.2) is 4.98 Å². The summed E-state index contributed by atoms with van der Waals surface area (Å²) in [6, 6.07) is 18.5. The molecule has 0 aliphatic heterocycles. The summed E-state index contributed by atoms with van der Waals surface area (Å²) in [6.45, 7) is 0. The minimum Gasteiger partial charge on any atom is -0.495 e. The molecule has 134 valence electrons. The highest BCUT2D eigenvalue weighted by Gasteiger charge is 2.11. The minimum absolute atomic E-state index is 0.233. The van der Waals surface area contributed by atoms with Gasteiger partial charge in [0.2, 0.25) is 0 Å². The quantitative estimate of drug-likeness (QED) is 0.549. The maximum Gasteiger partial charge on any atom is 0.255 e. The van der Waals surface area contributed by atoms with Crippen molar-refractivity contribution in [3.05, 3.63) is 83.6 Å². The first-order valence-electron chi connectivity index (χ1n) is 8.33. The average Bonchev–Trinajstić information content (AvgIpc) is 3.12. The van der Waals surface area contributed by atoms with E-state index in [9.17, 15) is 4.79 Å². The summed E-state index contributed by atoms with van der Waals surface area (Å²) in [5.74, 6) is 0.324. The molecule has 0 saturated carbocycles. The van der Waals surface area contributed by atoms with Crippen LogP contribution in [0.25, 0.3) is 16.9 Å². The Morgan fingerprint density at radius 1 is 1.11 bits per heavy atom. The molecule has 0 spiro atoms. The van der Waals surface area contributed by atoms with Gasteiger partial charge in [-0.05, 0) is 30.3 Å². The van der Waals surface area contributed by atoms with E-state index >= 15 is 0 Å². The smallest absolute Gasteiger partial charge is 0.255 e. The number of carbonyl (C=O) groups is 1. The molecule has 0 fully saturated rings. The van der Waals surface area contributed by atoms with E-state index in [1.54, 1.807) is 37.4 Å². The zero-order chi connectivity index (χ0) is 18.8. The van der Waals surface area contributed by atoms with Crippen molar-refractivity contribution in [1.29, 1.82) is 0 Å². The van der Waals surface area contributed by atoms with Crippen LogP contribution in [0.5, 0.6) is 5.75 Å². The molecule has 0 aliphatic carbocycles. The fourth-order valence-corrected chi connectivity index (χ4v) is 3.08. The van der Waals surface area contributed by atoms with Crippen molar-refractivity contribution >= 4 is 28.8 Å². The van der Waals surface area contributed by atoms with Gasteiger partial charge in [-0.2, -0.15) is 0 Å². The first-order chi connectivity index (χ1) is 13.1. The number of methoxy groups -OCH3 is 1. The van der Waals surface area contributed by atoms with Gasteiger partial charge >= 0.3 is 0 Å². The van der Waals surface area contributed by atoms with Gasteiger partial charge < -0.3 is 14.5 Å². The Balaban J connectivity index is 1.60. The summed E-state index contributed by atoms with van der Waals surface area (Å²) >= 11 is 6.11. The maximum atomic E-state index is 12.6. The number of anilines is 1. The molecule has 27 heavy (non-hydrogen) atoms. The van der Waals surface area contributed by atoms with E-state index in [-0.39, 0.29) is 5.91 Å². The number of halogens is 1. The van der Waals surface area contributed by atoms with Crippen molar-refractivity contribution in [1.82, 2.24) is 9.38 Å². The molecule has 6 heteroatoms. The molecule has 0 unspecified atom stereocenters. The van der Waals surface area contributed by atoms with Crippen molar-refractivity contribution in [3.63, 3.8) is 0 Å². The summed E-state index contributed by atoms with van der Waals surface area (Å²) in [6.07, 6.45) is 3.76. The van der Waals surface area contributed by atoms with E-state index in [2.05, 4.69) is 10.3 Å². The minimum atomic E-state index is -0.233. The van der Waals surface area contributed by atoms with Crippen LogP contribution < -0.4 is 10.1 Å². The number of ether oxygens (including phenoxy) is 1. The second-order valence-electron chi connectivity index (χ2n) is 5.98. The molecule has 1 N–H and O–H groups in total. The molecule has 0 atom stereocenters. The SMILES string of the molecule is COc1ccc(NC(=O)c2ccn3cc(-c4ccccc4)nc3c2)cc1Cl. The van der Waals surface area contributed by atoms with Crippen LogP contribution in [0.2, 0.25) is 5.02 Å². The number of hydrogen-bond donors (Lipinski definition) is 1. The lowest BCUT2D eigenvalue weighted by Gasteiger charge is -2.08. The molecular formula is C21H16ClN3O2. The van der Waals surface area contributed by atoms with E-state index in [1.165, 1.54) is 0 Å². The second-order valence-corrected chi connectivity index (χ2v) is 6.38. The molecule has 4 aromatic rings. The number of imidazole rings is 1. The molecule has 0 aliphatic rings. The van der Waals surface area contributed by atoms with Gasteiger partial charge in [0.15, 0.2) is 0 Å². The topological polar surface area (TPSA) is 55.6 Å². The number of nitrogens with zero attached hydrogens (tertiary/aromatic N) is 2. The summed E-state index contributed by atoms with van der Waals surface area (Å²) in [5, 5.41) is 3.27. The van der Waals surface area contributed by atoms with Gasteiger partial charge in [-0.15, -0.1) is 0 Å². The van der Waals surface area contributed by atoms with Crippen LogP contribution in [0.1, 0.15) is 10.4 Å². The van der Waals surface area contributed by atoms with Gasteiger partial charge in [0, 0.05) is 29.2 Å². The number of benzene rings is 2. The van der Waals surface area contributed by atoms with Gasteiger partial charge in [0.05, 0.1) is 17.8 Å². The predicted molar refractivity (Wildman–Crippen MR) is 107 cm³/mol. The number of fused-ring (bicyclic) bond motifs is 1. The fraction of sp³-hybridized carbons (Fsp3) is 0.0476. The number of carbonyl (C=O) groups excluding carboxylic acids is 1. The van der Waals surface area contributed by atoms with E-state index in [1.807, 2.05) is 47.1 Å². The maximum absolute atomic E-state index is 12.6. The zero-order valence-corrected chi connectivity index (χ0v) is 15.3. The Morgan fingerprint density at radius 2 is 1.93 bits per heavy atom. The van der Waals surface area contributed by atoms with Crippen LogP contribution in [-0.4, -0.2) is 22.4 Å². The number of rotatable bonds is 4. The number of aromatic nitrogens is 2. The standard InChI is InChI=1S/C21H16ClN3O2/c1-27-19-8-7-16(12-17(19)22)23-21(26)15-9-10-25-13-18(24-20(25)11-15)14-5-3-2-4-6-14/h2-13H,1H3,(H,23,26).